The molecule has 0 bridgehead atoms. The summed E-state index contributed by atoms with van der Waals surface area (Å²) in [7, 11) is 0. The number of nitrogens with zero attached hydrogens (tertiary/aromatic N) is 3. The van der Waals surface area contributed by atoms with E-state index in [1.807, 2.05) is 35.1 Å². The summed E-state index contributed by atoms with van der Waals surface area (Å²) >= 11 is 0. The molecule has 0 amide bonds. The smallest absolute Gasteiger partial charge is 0.195 e. The zero-order valence-corrected chi connectivity index (χ0v) is 13.1. The first-order chi connectivity index (χ1) is 10.7. The summed E-state index contributed by atoms with van der Waals surface area (Å²) in [5.74, 6) is 0.818. The van der Waals surface area contributed by atoms with Crippen LogP contribution in [0.2, 0.25) is 0 Å². The van der Waals surface area contributed by atoms with Crippen LogP contribution in [0.4, 0.5) is 0 Å². The molecule has 0 aliphatic carbocycles. The quantitative estimate of drug-likeness (QED) is 0.681. The van der Waals surface area contributed by atoms with Crippen molar-refractivity contribution in [3.63, 3.8) is 0 Å². The van der Waals surface area contributed by atoms with Crippen LogP contribution < -0.4 is 5.32 Å². The number of nitrogens with one attached hydrogen (secondary N) is 1. The van der Waals surface area contributed by atoms with Gasteiger partial charge in [-0.15, -0.1) is 0 Å². The van der Waals surface area contributed by atoms with Gasteiger partial charge >= 0.3 is 0 Å². The average molecular weight is 298 g/mol. The molecule has 0 saturated carbocycles. The van der Waals surface area contributed by atoms with Crippen molar-refractivity contribution in [3.05, 3.63) is 48.1 Å². The Morgan fingerprint density at radius 1 is 1.32 bits per heavy atom. The van der Waals surface area contributed by atoms with Crippen molar-refractivity contribution >= 4 is 11.1 Å². The number of hydrogen-bond acceptors (Lipinski definition) is 4. The maximum atomic E-state index is 5.72. The fourth-order valence-electron chi connectivity index (χ4n) is 2.53. The standard InChI is InChI=1S/C17H22N4O/c1-13-10-19-21(11-13)12-14(2)18-9-5-8-17-20-15-6-3-4-7-16(15)22-17/h3-4,6-7,10-11,14,18H,5,8-9,12H2,1-2H3/t14-/m1/s1. The second-order valence-electron chi connectivity index (χ2n) is 5.77. The van der Waals surface area contributed by atoms with Gasteiger partial charge in [0.05, 0.1) is 12.7 Å². The molecule has 116 valence electrons. The summed E-state index contributed by atoms with van der Waals surface area (Å²) in [6.45, 7) is 6.06. The SMILES string of the molecule is Cc1cnn(C[C@@H](C)NCCCc2nc3ccccc3o2)c1. The van der Waals surface area contributed by atoms with E-state index in [-0.39, 0.29) is 0 Å². The summed E-state index contributed by atoms with van der Waals surface area (Å²) in [5, 5.41) is 7.82. The van der Waals surface area contributed by atoms with Crippen LogP contribution in [0, 0.1) is 6.92 Å². The predicted molar refractivity (Wildman–Crippen MR) is 86.8 cm³/mol. The molecule has 0 saturated heterocycles. The first kappa shape index (κ1) is 14.8. The van der Waals surface area contributed by atoms with E-state index in [0.717, 1.165) is 42.9 Å². The number of aromatic nitrogens is 3. The minimum atomic E-state index is 0.392. The van der Waals surface area contributed by atoms with Gasteiger partial charge < -0.3 is 9.73 Å². The molecule has 1 atom stereocenters. The molecule has 0 spiro atoms. The Labute approximate surface area is 130 Å². The fraction of sp³-hybridized carbons (Fsp3) is 0.412. The van der Waals surface area contributed by atoms with E-state index < -0.39 is 0 Å². The lowest BCUT2D eigenvalue weighted by Gasteiger charge is -2.13. The predicted octanol–water partition coefficient (Wildman–Crippen LogP) is 2.94. The highest BCUT2D eigenvalue weighted by atomic mass is 16.3. The Morgan fingerprint density at radius 3 is 2.95 bits per heavy atom. The highest BCUT2D eigenvalue weighted by Gasteiger charge is 2.06. The normalized spacial score (nSPS) is 12.8. The summed E-state index contributed by atoms with van der Waals surface area (Å²) in [6.07, 6.45) is 5.82. The number of oxazole rings is 1. The Kier molecular flexibility index (Phi) is 4.53. The van der Waals surface area contributed by atoms with E-state index in [4.69, 9.17) is 4.42 Å². The van der Waals surface area contributed by atoms with Crippen LogP contribution in [-0.4, -0.2) is 27.4 Å². The van der Waals surface area contributed by atoms with E-state index in [9.17, 15) is 0 Å². The summed E-state index contributed by atoms with van der Waals surface area (Å²) in [4.78, 5) is 4.49. The van der Waals surface area contributed by atoms with Gasteiger partial charge in [0.15, 0.2) is 11.5 Å². The van der Waals surface area contributed by atoms with Crippen LogP contribution in [0.15, 0.2) is 41.1 Å². The molecule has 2 heterocycles. The minimum absolute atomic E-state index is 0.392. The van der Waals surface area contributed by atoms with Gasteiger partial charge in [0.2, 0.25) is 0 Å². The van der Waals surface area contributed by atoms with Gasteiger partial charge in [-0.25, -0.2) is 4.98 Å². The molecule has 22 heavy (non-hydrogen) atoms. The molecule has 5 nitrogen and oxygen atoms in total. The van der Waals surface area contributed by atoms with Crippen molar-refractivity contribution in [2.75, 3.05) is 6.54 Å². The maximum Gasteiger partial charge on any atom is 0.195 e. The molecule has 2 aromatic heterocycles. The van der Waals surface area contributed by atoms with Crippen molar-refractivity contribution in [1.29, 1.82) is 0 Å². The monoisotopic (exact) mass is 298 g/mol. The van der Waals surface area contributed by atoms with E-state index in [0.29, 0.717) is 6.04 Å². The van der Waals surface area contributed by atoms with Crippen molar-refractivity contribution in [2.24, 2.45) is 0 Å². The molecule has 0 fully saturated rings. The molecule has 5 heteroatoms. The van der Waals surface area contributed by atoms with E-state index in [1.54, 1.807) is 0 Å². The van der Waals surface area contributed by atoms with Crippen LogP contribution in [0.5, 0.6) is 0 Å². The van der Waals surface area contributed by atoms with Crippen molar-refractivity contribution in [1.82, 2.24) is 20.1 Å². The molecule has 3 aromatic rings. The van der Waals surface area contributed by atoms with Crippen molar-refractivity contribution in [2.45, 2.75) is 39.3 Å². The number of aryl methyl sites for hydroxylation is 2. The zero-order valence-electron chi connectivity index (χ0n) is 13.1. The van der Waals surface area contributed by atoms with E-state index >= 15 is 0 Å². The van der Waals surface area contributed by atoms with Gasteiger partial charge in [0, 0.05) is 18.7 Å². The topological polar surface area (TPSA) is 55.9 Å². The fourth-order valence-corrected chi connectivity index (χ4v) is 2.53. The Morgan fingerprint density at radius 2 is 2.18 bits per heavy atom. The lowest BCUT2D eigenvalue weighted by molar-refractivity contribution is 0.439. The average Bonchev–Trinajstić information content (AvgIpc) is 3.09. The molecule has 1 aromatic carbocycles. The third kappa shape index (κ3) is 3.74. The Hall–Kier alpha value is -2.14. The highest BCUT2D eigenvalue weighted by Crippen LogP contribution is 2.15. The Bertz CT molecular complexity index is 698. The number of benzene rings is 1. The largest absolute Gasteiger partial charge is 0.441 e. The van der Waals surface area contributed by atoms with Gasteiger partial charge in [-0.3, -0.25) is 4.68 Å². The van der Waals surface area contributed by atoms with Crippen LogP contribution in [0.3, 0.4) is 0 Å². The van der Waals surface area contributed by atoms with Crippen molar-refractivity contribution in [3.8, 4) is 0 Å². The molecular weight excluding hydrogens is 276 g/mol. The molecular formula is C17H22N4O. The van der Waals surface area contributed by atoms with Crippen LogP contribution in [0.1, 0.15) is 24.8 Å². The summed E-state index contributed by atoms with van der Waals surface area (Å²) in [5.41, 5.74) is 3.00. The lowest BCUT2D eigenvalue weighted by Crippen LogP contribution is -2.31. The minimum Gasteiger partial charge on any atom is -0.441 e. The second-order valence-corrected chi connectivity index (χ2v) is 5.77. The van der Waals surface area contributed by atoms with E-state index in [2.05, 4.69) is 35.4 Å². The maximum absolute atomic E-state index is 5.72. The second kappa shape index (κ2) is 6.75. The summed E-state index contributed by atoms with van der Waals surface area (Å²) in [6, 6.07) is 8.28. The van der Waals surface area contributed by atoms with Gasteiger partial charge in [-0.1, -0.05) is 12.1 Å². The molecule has 0 aliphatic heterocycles. The Balaban J connectivity index is 1.41. The molecule has 3 rings (SSSR count). The van der Waals surface area contributed by atoms with Gasteiger partial charge in [-0.2, -0.15) is 5.10 Å². The number of rotatable bonds is 7. The van der Waals surface area contributed by atoms with E-state index in [1.165, 1.54) is 5.56 Å². The van der Waals surface area contributed by atoms with Crippen molar-refractivity contribution < 1.29 is 4.42 Å². The zero-order chi connectivity index (χ0) is 15.4. The first-order valence-electron chi connectivity index (χ1n) is 7.77. The molecule has 0 unspecified atom stereocenters. The van der Waals surface area contributed by atoms with Gasteiger partial charge in [-0.05, 0) is 44.5 Å². The third-order valence-electron chi connectivity index (χ3n) is 3.62. The third-order valence-corrected chi connectivity index (χ3v) is 3.62. The molecule has 1 N–H and O–H groups in total. The van der Waals surface area contributed by atoms with Gasteiger partial charge in [0.1, 0.15) is 5.52 Å². The highest BCUT2D eigenvalue weighted by molar-refractivity contribution is 5.72. The van der Waals surface area contributed by atoms with Crippen LogP contribution in [0.25, 0.3) is 11.1 Å². The summed E-state index contributed by atoms with van der Waals surface area (Å²) < 4.78 is 7.70. The van der Waals surface area contributed by atoms with Crippen LogP contribution in [-0.2, 0) is 13.0 Å². The first-order valence-corrected chi connectivity index (χ1v) is 7.77. The number of para-hydroxylation sites is 2. The lowest BCUT2D eigenvalue weighted by atomic mass is 10.2. The van der Waals surface area contributed by atoms with Gasteiger partial charge in [0.25, 0.3) is 0 Å². The van der Waals surface area contributed by atoms with Crippen LogP contribution >= 0.6 is 0 Å². The number of fused-ring (bicyclic) bond motifs is 1. The number of hydrogen-bond donors (Lipinski definition) is 1. The molecule has 0 aliphatic rings. The molecule has 0 radical (unpaired) electrons.